The lowest BCUT2D eigenvalue weighted by Gasteiger charge is -2.31. The minimum absolute atomic E-state index is 0.168. The van der Waals surface area contributed by atoms with Crippen LogP contribution in [0.15, 0.2) is 180 Å². The molecule has 0 bridgehead atoms. The minimum atomic E-state index is -0.168. The largest absolute Gasteiger partial charge is 0.456 e. The van der Waals surface area contributed by atoms with Gasteiger partial charge >= 0.3 is 0 Å². The summed E-state index contributed by atoms with van der Waals surface area (Å²) in [5.74, 6) is 0. The van der Waals surface area contributed by atoms with Gasteiger partial charge in [0.05, 0.1) is 11.4 Å². The van der Waals surface area contributed by atoms with Crippen molar-refractivity contribution in [3.8, 4) is 33.4 Å². The summed E-state index contributed by atoms with van der Waals surface area (Å²) in [6.45, 7) is 4.73. The molecule has 0 N–H and O–H groups in total. The third-order valence-corrected chi connectivity index (χ3v) is 10.9. The van der Waals surface area contributed by atoms with Gasteiger partial charge < -0.3 is 9.32 Å². The van der Waals surface area contributed by atoms with Gasteiger partial charge in [0.15, 0.2) is 0 Å². The molecule has 0 fully saturated rings. The van der Waals surface area contributed by atoms with Gasteiger partial charge in [-0.25, -0.2) is 0 Å². The molecular formula is C49H35NO. The Morgan fingerprint density at radius 2 is 1.08 bits per heavy atom. The Morgan fingerprint density at radius 3 is 1.92 bits per heavy atom. The molecule has 242 valence electrons. The number of nitrogens with zero attached hydrogens (tertiary/aromatic N) is 1. The molecule has 0 atom stereocenters. The van der Waals surface area contributed by atoms with Crippen LogP contribution in [0.2, 0.25) is 0 Å². The molecule has 0 aliphatic heterocycles. The number of benzene rings is 8. The van der Waals surface area contributed by atoms with Gasteiger partial charge in [-0.05, 0) is 86.6 Å². The van der Waals surface area contributed by atoms with Crippen molar-refractivity contribution in [3.63, 3.8) is 0 Å². The van der Waals surface area contributed by atoms with E-state index in [-0.39, 0.29) is 5.41 Å². The van der Waals surface area contributed by atoms with E-state index in [9.17, 15) is 0 Å². The van der Waals surface area contributed by atoms with E-state index in [2.05, 4.69) is 189 Å². The van der Waals surface area contributed by atoms with Crippen LogP contribution in [0.3, 0.4) is 0 Å². The number of hydrogen-bond donors (Lipinski definition) is 0. The highest BCUT2D eigenvalue weighted by atomic mass is 16.3. The quantitative estimate of drug-likeness (QED) is 0.184. The molecule has 10 rings (SSSR count). The molecule has 0 unspecified atom stereocenters. The Balaban J connectivity index is 1.27. The fourth-order valence-electron chi connectivity index (χ4n) is 8.39. The highest BCUT2D eigenvalue weighted by Crippen LogP contribution is 2.56. The zero-order valence-corrected chi connectivity index (χ0v) is 28.6. The van der Waals surface area contributed by atoms with Gasteiger partial charge in [-0.2, -0.15) is 0 Å². The van der Waals surface area contributed by atoms with Gasteiger partial charge in [0, 0.05) is 39.1 Å². The maximum atomic E-state index is 6.51. The third kappa shape index (κ3) is 4.57. The summed E-state index contributed by atoms with van der Waals surface area (Å²) in [5, 5.41) is 4.77. The van der Waals surface area contributed by atoms with Crippen LogP contribution < -0.4 is 4.90 Å². The van der Waals surface area contributed by atoms with Crippen molar-refractivity contribution in [2.45, 2.75) is 19.3 Å². The molecule has 0 saturated carbocycles. The lowest BCUT2D eigenvalue weighted by molar-refractivity contribution is 0.661. The second kappa shape index (κ2) is 11.3. The van der Waals surface area contributed by atoms with E-state index in [1.54, 1.807) is 0 Å². The van der Waals surface area contributed by atoms with Crippen LogP contribution in [0, 0.1) is 0 Å². The zero-order valence-electron chi connectivity index (χ0n) is 28.6. The van der Waals surface area contributed by atoms with Gasteiger partial charge in [0.2, 0.25) is 0 Å². The highest BCUT2D eigenvalue weighted by molar-refractivity contribution is 6.07. The third-order valence-electron chi connectivity index (χ3n) is 10.9. The molecule has 1 heterocycles. The van der Waals surface area contributed by atoms with Crippen LogP contribution in [-0.2, 0) is 5.41 Å². The monoisotopic (exact) mass is 653 g/mol. The average molecular weight is 654 g/mol. The van der Waals surface area contributed by atoms with Gasteiger partial charge in [0.1, 0.15) is 11.2 Å². The number of para-hydroxylation sites is 2. The van der Waals surface area contributed by atoms with Crippen molar-refractivity contribution in [3.05, 3.63) is 187 Å². The molecule has 51 heavy (non-hydrogen) atoms. The number of hydrogen-bond acceptors (Lipinski definition) is 2. The predicted molar refractivity (Wildman–Crippen MR) is 214 cm³/mol. The average Bonchev–Trinajstić information content (AvgIpc) is 3.66. The van der Waals surface area contributed by atoms with Crippen LogP contribution >= 0.6 is 0 Å². The first-order valence-electron chi connectivity index (χ1n) is 17.7. The lowest BCUT2D eigenvalue weighted by Crippen LogP contribution is -2.16. The van der Waals surface area contributed by atoms with Crippen molar-refractivity contribution >= 4 is 49.8 Å². The summed E-state index contributed by atoms with van der Waals surface area (Å²) >= 11 is 0. The molecule has 1 aliphatic carbocycles. The van der Waals surface area contributed by atoms with E-state index in [1.165, 1.54) is 49.7 Å². The smallest absolute Gasteiger partial charge is 0.137 e. The van der Waals surface area contributed by atoms with Crippen LogP contribution in [0.4, 0.5) is 17.1 Å². The summed E-state index contributed by atoms with van der Waals surface area (Å²) in [4.78, 5) is 2.46. The summed E-state index contributed by atoms with van der Waals surface area (Å²) < 4.78 is 6.51. The molecule has 2 nitrogen and oxygen atoms in total. The topological polar surface area (TPSA) is 16.4 Å². The fourth-order valence-corrected chi connectivity index (χ4v) is 8.39. The normalized spacial score (nSPS) is 13.1. The van der Waals surface area contributed by atoms with Crippen molar-refractivity contribution in [2.24, 2.45) is 0 Å². The Hall–Kier alpha value is -6.38. The number of rotatable bonds is 5. The summed E-state index contributed by atoms with van der Waals surface area (Å²) in [6, 6.07) is 63.7. The van der Waals surface area contributed by atoms with Crippen LogP contribution in [-0.4, -0.2) is 0 Å². The summed E-state index contributed by atoms with van der Waals surface area (Å²) in [7, 11) is 0. The molecule has 2 heteroatoms. The van der Waals surface area contributed by atoms with Crippen molar-refractivity contribution in [1.29, 1.82) is 0 Å². The zero-order chi connectivity index (χ0) is 34.1. The Kier molecular flexibility index (Phi) is 6.56. The Labute approximate surface area is 297 Å². The molecule has 0 radical (unpaired) electrons. The fraction of sp³-hybridized carbons (Fsp3) is 0.0612. The Bertz CT molecular complexity index is 2790. The summed E-state index contributed by atoms with van der Waals surface area (Å²) in [6.07, 6.45) is 0. The van der Waals surface area contributed by atoms with Gasteiger partial charge in [-0.3, -0.25) is 0 Å². The Morgan fingerprint density at radius 1 is 0.431 bits per heavy atom. The molecule has 9 aromatic rings. The number of furan rings is 1. The molecule has 0 spiro atoms. The molecule has 0 saturated heterocycles. The summed E-state index contributed by atoms with van der Waals surface area (Å²) in [5.41, 5.74) is 14.9. The lowest BCUT2D eigenvalue weighted by atomic mass is 9.82. The first-order chi connectivity index (χ1) is 25.1. The predicted octanol–water partition coefficient (Wildman–Crippen LogP) is 13.8. The van der Waals surface area contributed by atoms with Gasteiger partial charge in [0.25, 0.3) is 0 Å². The van der Waals surface area contributed by atoms with Crippen LogP contribution in [0.1, 0.15) is 25.0 Å². The van der Waals surface area contributed by atoms with Crippen LogP contribution in [0.5, 0.6) is 0 Å². The van der Waals surface area contributed by atoms with E-state index in [0.29, 0.717) is 0 Å². The van der Waals surface area contributed by atoms with E-state index in [4.69, 9.17) is 4.42 Å². The van der Waals surface area contributed by atoms with Crippen LogP contribution in [0.25, 0.3) is 66.1 Å². The second-order valence-electron chi connectivity index (χ2n) is 14.1. The van der Waals surface area contributed by atoms with E-state index < -0.39 is 0 Å². The minimum Gasteiger partial charge on any atom is -0.456 e. The van der Waals surface area contributed by atoms with Crippen molar-refractivity contribution < 1.29 is 4.42 Å². The number of fused-ring (bicyclic) bond motifs is 7. The number of anilines is 3. The maximum absolute atomic E-state index is 6.51. The van der Waals surface area contributed by atoms with Gasteiger partial charge in [-0.15, -0.1) is 0 Å². The first-order valence-corrected chi connectivity index (χ1v) is 17.7. The van der Waals surface area contributed by atoms with E-state index in [0.717, 1.165) is 44.6 Å². The molecule has 1 aliphatic rings. The van der Waals surface area contributed by atoms with Gasteiger partial charge in [-0.1, -0.05) is 141 Å². The van der Waals surface area contributed by atoms with Crippen molar-refractivity contribution in [1.82, 2.24) is 0 Å². The van der Waals surface area contributed by atoms with E-state index in [1.807, 2.05) is 6.07 Å². The first kappa shape index (κ1) is 29.5. The molecule has 1 aromatic heterocycles. The maximum Gasteiger partial charge on any atom is 0.137 e. The molecule has 8 aromatic carbocycles. The SMILES string of the molecule is CC1(C)c2cc3ccccc3cc2-c2c(N(c3ccc4c(c3)oc3ccccc34)c3ccccc3-c3ccccc3-c3ccccc3)cccc21. The second-order valence-corrected chi connectivity index (χ2v) is 14.1. The highest BCUT2D eigenvalue weighted by Gasteiger charge is 2.38. The molecule has 0 amide bonds. The molecular weight excluding hydrogens is 619 g/mol. The van der Waals surface area contributed by atoms with Crippen molar-refractivity contribution in [2.75, 3.05) is 4.90 Å². The standard InChI is InChI=1S/C49H35NO/c1-49(2)42-23-14-25-45(48(42)41-29-33-17-6-7-18-34(33)30-43(41)49)50(35-27-28-40-39-22-11-13-26-46(39)51-47(40)31-35)44-24-12-10-21-38(44)37-20-9-8-19-36(37)32-15-4-3-5-16-32/h3-31H,1-2H3. The van der Waals surface area contributed by atoms with E-state index >= 15 is 0 Å².